The third-order valence-corrected chi connectivity index (χ3v) is 2.58. The number of oxime groups is 1. The van der Waals surface area contributed by atoms with Gasteiger partial charge in [-0.3, -0.25) is 0 Å². The van der Waals surface area contributed by atoms with Crippen molar-refractivity contribution >= 4 is 23.5 Å². The highest BCUT2D eigenvalue weighted by Gasteiger charge is 2.12. The Morgan fingerprint density at radius 3 is 2.79 bits per heavy atom. The normalized spacial score (nSPS) is 11.1. The maximum Gasteiger partial charge on any atom is 0.168 e. The van der Waals surface area contributed by atoms with Gasteiger partial charge in [0, 0.05) is 7.05 Å². The lowest BCUT2D eigenvalue weighted by atomic mass is 10.2. The van der Waals surface area contributed by atoms with Crippen molar-refractivity contribution in [2.45, 2.75) is 12.1 Å². The Morgan fingerprint density at radius 1 is 1.71 bits per heavy atom. The van der Waals surface area contributed by atoms with E-state index in [4.69, 9.17) is 5.21 Å². The van der Waals surface area contributed by atoms with Crippen LogP contribution < -0.4 is 0 Å². The summed E-state index contributed by atoms with van der Waals surface area (Å²) in [5.41, 5.74) is 2.44. The molecule has 1 aromatic heterocycles. The van der Waals surface area contributed by atoms with Crippen LogP contribution in [0.5, 0.6) is 0 Å². The molecular formula is C9H13N3OS. The Bertz CT molecular complexity index is 382. The number of rotatable bonds is 3. The van der Waals surface area contributed by atoms with E-state index in [0.29, 0.717) is 5.69 Å². The van der Waals surface area contributed by atoms with E-state index in [0.717, 1.165) is 16.4 Å². The highest BCUT2D eigenvalue weighted by Crippen LogP contribution is 2.22. The lowest BCUT2D eigenvalue weighted by Crippen LogP contribution is -1.97. The smallest absolute Gasteiger partial charge is 0.168 e. The van der Waals surface area contributed by atoms with Crippen molar-refractivity contribution in [2.24, 2.45) is 12.2 Å². The molecule has 1 N–H and O–H groups in total. The summed E-state index contributed by atoms with van der Waals surface area (Å²) in [5.74, 6) is 0. The van der Waals surface area contributed by atoms with Gasteiger partial charge in [0.05, 0.1) is 11.9 Å². The lowest BCUT2D eigenvalue weighted by Gasteiger charge is -2.03. The van der Waals surface area contributed by atoms with Crippen molar-refractivity contribution in [2.75, 3.05) is 6.26 Å². The van der Waals surface area contributed by atoms with Crippen LogP contribution in [0.3, 0.4) is 0 Å². The molecule has 76 valence electrons. The fraction of sp³-hybridized carbons (Fsp3) is 0.333. The van der Waals surface area contributed by atoms with Gasteiger partial charge in [0.25, 0.3) is 0 Å². The van der Waals surface area contributed by atoms with Crippen molar-refractivity contribution in [1.82, 2.24) is 9.55 Å². The predicted octanol–water partition coefficient (Wildman–Crippen LogP) is 1.98. The number of aromatic nitrogens is 2. The molecule has 0 saturated carbocycles. The van der Waals surface area contributed by atoms with Gasteiger partial charge in [-0.2, -0.15) is 0 Å². The van der Waals surface area contributed by atoms with E-state index in [1.807, 2.05) is 24.8 Å². The van der Waals surface area contributed by atoms with Crippen molar-refractivity contribution < 1.29 is 5.21 Å². The van der Waals surface area contributed by atoms with Gasteiger partial charge in [-0.05, 0) is 18.8 Å². The number of imidazole rings is 1. The van der Waals surface area contributed by atoms with Gasteiger partial charge in [-0.1, -0.05) is 23.5 Å². The summed E-state index contributed by atoms with van der Waals surface area (Å²) < 4.78 is 1.93. The fourth-order valence-electron chi connectivity index (χ4n) is 1.33. The van der Waals surface area contributed by atoms with E-state index in [2.05, 4.69) is 16.7 Å². The fourth-order valence-corrected chi connectivity index (χ4v) is 1.89. The van der Waals surface area contributed by atoms with E-state index in [1.54, 1.807) is 11.8 Å². The molecule has 0 aromatic carbocycles. The molecule has 14 heavy (non-hydrogen) atoms. The third kappa shape index (κ3) is 1.82. The number of nitrogens with zero attached hydrogens (tertiary/aromatic N) is 3. The molecule has 0 amide bonds. The maximum absolute atomic E-state index is 8.48. The number of hydrogen-bond donors (Lipinski definition) is 1. The predicted molar refractivity (Wildman–Crippen MR) is 59.1 cm³/mol. The molecule has 0 radical (unpaired) electrons. The Kier molecular flexibility index (Phi) is 3.35. The molecule has 1 rings (SSSR count). The van der Waals surface area contributed by atoms with Crippen LogP contribution in [0, 0.1) is 0 Å². The van der Waals surface area contributed by atoms with Crippen LogP contribution in [0.25, 0.3) is 5.57 Å². The van der Waals surface area contributed by atoms with Gasteiger partial charge >= 0.3 is 0 Å². The summed E-state index contributed by atoms with van der Waals surface area (Å²) in [7, 11) is 1.91. The summed E-state index contributed by atoms with van der Waals surface area (Å²) in [6.07, 6.45) is 3.27. The molecule has 0 fully saturated rings. The lowest BCUT2D eigenvalue weighted by molar-refractivity contribution is 0.321. The van der Waals surface area contributed by atoms with Crippen LogP contribution in [0.15, 0.2) is 16.9 Å². The van der Waals surface area contributed by atoms with Gasteiger partial charge < -0.3 is 9.77 Å². The van der Waals surface area contributed by atoms with Gasteiger partial charge in [-0.15, -0.1) is 0 Å². The summed E-state index contributed by atoms with van der Waals surface area (Å²) in [5, 5.41) is 12.3. The molecule has 5 heteroatoms. The van der Waals surface area contributed by atoms with Crippen LogP contribution in [0.4, 0.5) is 0 Å². The standard InChI is InChI=1S/C9H13N3OS/c1-6(2)8-7(5-10-13)11-9(14-4)12(8)3/h5,13H,1H2,2-4H3/b10-5+. The zero-order valence-corrected chi connectivity index (χ0v) is 9.30. The van der Waals surface area contributed by atoms with Crippen LogP contribution in [-0.2, 0) is 7.05 Å². The molecule has 0 saturated heterocycles. The van der Waals surface area contributed by atoms with Crippen LogP contribution >= 0.6 is 11.8 Å². The largest absolute Gasteiger partial charge is 0.411 e. The average Bonchev–Trinajstić information content (AvgIpc) is 2.43. The minimum atomic E-state index is 0.645. The van der Waals surface area contributed by atoms with Crippen LogP contribution in [-0.4, -0.2) is 27.2 Å². The molecule has 4 nitrogen and oxygen atoms in total. The molecule has 0 unspecified atom stereocenters. The molecule has 1 heterocycles. The molecular weight excluding hydrogens is 198 g/mol. The Hall–Kier alpha value is -1.23. The van der Waals surface area contributed by atoms with Crippen molar-refractivity contribution in [1.29, 1.82) is 0 Å². The summed E-state index contributed by atoms with van der Waals surface area (Å²) >= 11 is 1.54. The Balaban J connectivity index is 3.34. The second kappa shape index (κ2) is 4.32. The third-order valence-electron chi connectivity index (χ3n) is 1.85. The molecule has 0 spiro atoms. The second-order valence-corrected chi connectivity index (χ2v) is 3.69. The highest BCUT2D eigenvalue weighted by molar-refractivity contribution is 7.98. The van der Waals surface area contributed by atoms with Gasteiger partial charge in [0.2, 0.25) is 0 Å². The quantitative estimate of drug-likeness (QED) is 0.360. The first-order valence-electron chi connectivity index (χ1n) is 4.05. The van der Waals surface area contributed by atoms with Crippen LogP contribution in [0.1, 0.15) is 18.3 Å². The SMILES string of the molecule is C=C(C)c1c(/C=N/O)nc(SC)n1C. The minimum absolute atomic E-state index is 0.645. The number of thioether (sulfide) groups is 1. The summed E-state index contributed by atoms with van der Waals surface area (Å²) in [6.45, 7) is 5.76. The van der Waals surface area contributed by atoms with E-state index >= 15 is 0 Å². The van der Waals surface area contributed by atoms with Crippen molar-refractivity contribution in [3.8, 4) is 0 Å². The van der Waals surface area contributed by atoms with Gasteiger partial charge in [-0.25, -0.2) is 4.98 Å². The Labute approximate surface area is 87.3 Å². The Morgan fingerprint density at radius 2 is 2.36 bits per heavy atom. The molecule has 0 aliphatic rings. The minimum Gasteiger partial charge on any atom is -0.411 e. The average molecular weight is 211 g/mol. The van der Waals surface area contributed by atoms with E-state index in [9.17, 15) is 0 Å². The molecule has 0 aliphatic heterocycles. The van der Waals surface area contributed by atoms with E-state index in [-0.39, 0.29) is 0 Å². The summed E-state index contributed by atoms with van der Waals surface area (Å²) in [4.78, 5) is 4.30. The topological polar surface area (TPSA) is 50.4 Å². The first-order valence-corrected chi connectivity index (χ1v) is 5.28. The first-order chi connectivity index (χ1) is 6.61. The summed E-state index contributed by atoms with van der Waals surface area (Å²) in [6, 6.07) is 0. The van der Waals surface area contributed by atoms with E-state index < -0.39 is 0 Å². The monoisotopic (exact) mass is 211 g/mol. The van der Waals surface area contributed by atoms with Gasteiger partial charge in [0.15, 0.2) is 5.16 Å². The van der Waals surface area contributed by atoms with Crippen molar-refractivity contribution in [3.05, 3.63) is 18.0 Å². The first kappa shape index (κ1) is 10.8. The molecule has 0 aliphatic carbocycles. The molecule has 0 atom stereocenters. The maximum atomic E-state index is 8.48. The zero-order chi connectivity index (χ0) is 10.7. The second-order valence-electron chi connectivity index (χ2n) is 2.92. The van der Waals surface area contributed by atoms with Gasteiger partial charge in [0.1, 0.15) is 5.69 Å². The van der Waals surface area contributed by atoms with Crippen molar-refractivity contribution in [3.63, 3.8) is 0 Å². The highest BCUT2D eigenvalue weighted by atomic mass is 32.2. The molecule has 1 aromatic rings. The number of hydrogen-bond acceptors (Lipinski definition) is 4. The molecule has 0 bridgehead atoms. The zero-order valence-electron chi connectivity index (χ0n) is 8.48. The van der Waals surface area contributed by atoms with Crippen LogP contribution in [0.2, 0.25) is 0 Å². The number of allylic oxidation sites excluding steroid dienone is 1. The van der Waals surface area contributed by atoms with E-state index in [1.165, 1.54) is 6.21 Å².